The maximum Gasteiger partial charge on any atom is 0.209 e. The number of phenols is 1. The van der Waals surface area contributed by atoms with Crippen molar-refractivity contribution in [2.24, 2.45) is 5.92 Å². The summed E-state index contributed by atoms with van der Waals surface area (Å²) in [6, 6.07) is 14.3. The molecular formula is C26H32ClN2O+. The van der Waals surface area contributed by atoms with Crippen molar-refractivity contribution in [1.29, 1.82) is 0 Å². The van der Waals surface area contributed by atoms with Gasteiger partial charge in [-0.1, -0.05) is 24.3 Å². The van der Waals surface area contributed by atoms with E-state index in [2.05, 4.69) is 80.3 Å². The van der Waals surface area contributed by atoms with E-state index in [1.54, 1.807) is 0 Å². The Morgan fingerprint density at radius 3 is 2.47 bits per heavy atom. The molecule has 0 spiro atoms. The third-order valence-corrected chi connectivity index (χ3v) is 6.81. The first-order chi connectivity index (χ1) is 14.4. The zero-order chi connectivity index (χ0) is 21.9. The summed E-state index contributed by atoms with van der Waals surface area (Å²) in [6.45, 7) is 12.3. The van der Waals surface area contributed by atoms with E-state index < -0.39 is 0 Å². The van der Waals surface area contributed by atoms with Crippen LogP contribution in [-0.2, 0) is 5.41 Å². The maximum atomic E-state index is 10.6. The first-order valence-corrected chi connectivity index (χ1v) is 11.1. The average molecular weight is 424 g/mol. The van der Waals surface area contributed by atoms with Gasteiger partial charge in [0, 0.05) is 59.9 Å². The molecule has 1 aliphatic rings. The standard InChI is InChI=1S/C26H31ClN2O/c1-6-20(18-27)26(4)22-11-9-10-12-23(22)28(5)25(26)16-14-19-13-15-21(17-24(19)30)29(7-2)8-3/h6,9-17,20H,1,7-8,18H2,2-5H3/p+1. The van der Waals surface area contributed by atoms with Gasteiger partial charge in [0.25, 0.3) is 0 Å². The van der Waals surface area contributed by atoms with Crippen LogP contribution in [0, 0.1) is 5.92 Å². The number of nitrogens with zero attached hydrogens (tertiary/aromatic N) is 2. The zero-order valence-electron chi connectivity index (χ0n) is 18.4. The summed E-state index contributed by atoms with van der Waals surface area (Å²) in [5.74, 6) is 0.862. The molecule has 0 radical (unpaired) electrons. The topological polar surface area (TPSA) is 26.5 Å². The Morgan fingerprint density at radius 1 is 1.17 bits per heavy atom. The number of anilines is 1. The van der Waals surface area contributed by atoms with Gasteiger partial charge >= 0.3 is 0 Å². The molecule has 2 aromatic carbocycles. The molecule has 0 bridgehead atoms. The van der Waals surface area contributed by atoms with E-state index in [-0.39, 0.29) is 17.1 Å². The second kappa shape index (κ2) is 9.09. The number of hydrogen-bond acceptors (Lipinski definition) is 2. The predicted octanol–water partition coefficient (Wildman–Crippen LogP) is 5.98. The molecule has 2 atom stereocenters. The van der Waals surface area contributed by atoms with E-state index in [1.807, 2.05) is 24.3 Å². The molecule has 2 aromatic rings. The molecule has 2 unspecified atom stereocenters. The zero-order valence-corrected chi connectivity index (χ0v) is 19.2. The molecule has 30 heavy (non-hydrogen) atoms. The number of phenolic OH excluding ortho intramolecular Hbond substituents is 1. The van der Waals surface area contributed by atoms with Gasteiger partial charge in [-0.05, 0) is 39.0 Å². The minimum absolute atomic E-state index is 0.0866. The quantitative estimate of drug-likeness (QED) is 0.321. The van der Waals surface area contributed by atoms with E-state index in [0.717, 1.165) is 30.1 Å². The third kappa shape index (κ3) is 3.67. The van der Waals surface area contributed by atoms with Crippen LogP contribution >= 0.6 is 11.6 Å². The minimum atomic E-state index is -0.290. The number of aromatic hydroxyl groups is 1. The number of benzene rings is 2. The SMILES string of the molecule is C=CC(CCl)C1(C)C(/C=C/c2ccc(N(CC)CC)cc2O)=[N+](C)c2ccccc21. The molecule has 0 saturated carbocycles. The smallest absolute Gasteiger partial charge is 0.209 e. The van der Waals surface area contributed by atoms with Gasteiger partial charge in [-0.3, -0.25) is 0 Å². The minimum Gasteiger partial charge on any atom is -0.507 e. The van der Waals surface area contributed by atoms with Gasteiger partial charge in [-0.15, -0.1) is 18.2 Å². The molecule has 0 amide bonds. The first kappa shape index (κ1) is 22.2. The monoisotopic (exact) mass is 423 g/mol. The molecule has 0 fully saturated rings. The Hall–Kier alpha value is -2.52. The van der Waals surface area contributed by atoms with E-state index in [1.165, 1.54) is 11.3 Å². The van der Waals surface area contributed by atoms with Crippen LogP contribution in [0.3, 0.4) is 0 Å². The summed E-state index contributed by atoms with van der Waals surface area (Å²) in [5, 5.41) is 10.6. The number of alkyl halides is 1. The molecule has 0 saturated heterocycles. The number of allylic oxidation sites excluding steroid dienone is 2. The summed E-state index contributed by atoms with van der Waals surface area (Å²) in [5.41, 5.74) is 5.11. The van der Waals surface area contributed by atoms with Crippen LogP contribution in [0.1, 0.15) is 31.9 Å². The Bertz CT molecular complexity index is 990. The van der Waals surface area contributed by atoms with Crippen molar-refractivity contribution in [1.82, 2.24) is 0 Å². The Balaban J connectivity index is 2.03. The van der Waals surface area contributed by atoms with E-state index >= 15 is 0 Å². The van der Waals surface area contributed by atoms with E-state index in [0.29, 0.717) is 5.88 Å². The van der Waals surface area contributed by atoms with Gasteiger partial charge in [-0.25, -0.2) is 0 Å². The lowest BCUT2D eigenvalue weighted by molar-refractivity contribution is -0.401. The van der Waals surface area contributed by atoms with Crippen molar-refractivity contribution >= 4 is 34.8 Å². The molecule has 0 aromatic heterocycles. The molecular weight excluding hydrogens is 392 g/mol. The fraction of sp³-hybridized carbons (Fsp3) is 0.346. The molecule has 3 nitrogen and oxygen atoms in total. The lowest BCUT2D eigenvalue weighted by atomic mass is 9.70. The van der Waals surface area contributed by atoms with Crippen LogP contribution in [0.5, 0.6) is 5.75 Å². The highest BCUT2D eigenvalue weighted by Crippen LogP contribution is 2.45. The van der Waals surface area contributed by atoms with Crippen molar-refractivity contribution < 1.29 is 9.68 Å². The number of halogens is 1. The van der Waals surface area contributed by atoms with Crippen molar-refractivity contribution in [3.63, 3.8) is 0 Å². The fourth-order valence-corrected chi connectivity index (χ4v) is 5.01. The van der Waals surface area contributed by atoms with Crippen LogP contribution in [0.15, 0.2) is 61.2 Å². The van der Waals surface area contributed by atoms with Gasteiger partial charge in [-0.2, -0.15) is 4.58 Å². The van der Waals surface area contributed by atoms with E-state index in [4.69, 9.17) is 11.6 Å². The second-order valence-corrected chi connectivity index (χ2v) is 8.22. The van der Waals surface area contributed by atoms with Crippen LogP contribution < -0.4 is 4.90 Å². The summed E-state index contributed by atoms with van der Waals surface area (Å²) in [7, 11) is 2.08. The van der Waals surface area contributed by atoms with E-state index in [9.17, 15) is 5.11 Å². The van der Waals surface area contributed by atoms with Crippen molar-refractivity contribution in [3.05, 3.63) is 72.3 Å². The van der Waals surface area contributed by atoms with Gasteiger partial charge in [0.2, 0.25) is 5.69 Å². The molecule has 1 aliphatic heterocycles. The molecule has 0 aliphatic carbocycles. The van der Waals surface area contributed by atoms with Crippen LogP contribution in [0.4, 0.5) is 11.4 Å². The Morgan fingerprint density at radius 2 is 1.87 bits per heavy atom. The normalized spacial score (nSPS) is 19.2. The lowest BCUT2D eigenvalue weighted by Crippen LogP contribution is -2.38. The van der Waals surface area contributed by atoms with Crippen LogP contribution in [0.25, 0.3) is 6.08 Å². The summed E-state index contributed by atoms with van der Waals surface area (Å²) < 4.78 is 2.22. The molecule has 158 valence electrons. The summed E-state index contributed by atoms with van der Waals surface area (Å²) in [4.78, 5) is 2.22. The van der Waals surface area contributed by atoms with Crippen molar-refractivity contribution in [2.45, 2.75) is 26.2 Å². The van der Waals surface area contributed by atoms with Gasteiger partial charge < -0.3 is 10.0 Å². The lowest BCUT2D eigenvalue weighted by Gasteiger charge is -2.29. The van der Waals surface area contributed by atoms with Gasteiger partial charge in [0.1, 0.15) is 12.8 Å². The van der Waals surface area contributed by atoms with Crippen LogP contribution in [0.2, 0.25) is 0 Å². The molecule has 4 heteroatoms. The highest BCUT2D eigenvalue weighted by Gasteiger charge is 2.50. The van der Waals surface area contributed by atoms with Crippen molar-refractivity contribution in [2.75, 3.05) is 30.9 Å². The highest BCUT2D eigenvalue weighted by molar-refractivity contribution is 6.19. The largest absolute Gasteiger partial charge is 0.507 e. The van der Waals surface area contributed by atoms with Crippen LogP contribution in [-0.4, -0.2) is 41.4 Å². The van der Waals surface area contributed by atoms with Crippen molar-refractivity contribution in [3.8, 4) is 5.75 Å². The highest BCUT2D eigenvalue weighted by atomic mass is 35.5. The average Bonchev–Trinajstić information content (AvgIpc) is 2.97. The van der Waals surface area contributed by atoms with Gasteiger partial charge in [0.05, 0.1) is 5.41 Å². The number of para-hydroxylation sites is 1. The summed E-state index contributed by atoms with van der Waals surface area (Å²) in [6.07, 6.45) is 6.05. The molecule has 3 rings (SSSR count). The fourth-order valence-electron chi connectivity index (χ4n) is 4.58. The third-order valence-electron chi connectivity index (χ3n) is 6.47. The van der Waals surface area contributed by atoms with Gasteiger partial charge in [0.15, 0.2) is 5.71 Å². The summed E-state index contributed by atoms with van der Waals surface area (Å²) >= 11 is 6.36. The Kier molecular flexibility index (Phi) is 6.72. The number of rotatable bonds is 8. The second-order valence-electron chi connectivity index (χ2n) is 7.91. The molecule has 1 heterocycles. The number of fused-ring (bicyclic) bond motifs is 1. The molecule has 1 N–H and O–H groups in total. The maximum absolute atomic E-state index is 10.6. The Labute approximate surface area is 185 Å². The predicted molar refractivity (Wildman–Crippen MR) is 130 cm³/mol. The first-order valence-electron chi connectivity index (χ1n) is 10.6. The number of hydrogen-bond donors (Lipinski definition) is 1.